The molecule has 1 heterocycles. The van der Waals surface area contributed by atoms with Crippen molar-refractivity contribution in [2.75, 3.05) is 4.72 Å². The zero-order valence-corrected chi connectivity index (χ0v) is 16.2. The molecule has 0 radical (unpaired) electrons. The predicted molar refractivity (Wildman–Crippen MR) is 104 cm³/mol. The summed E-state index contributed by atoms with van der Waals surface area (Å²) in [6, 6.07) is 9.16. The number of sulfonamides is 1. The molecule has 1 aliphatic carbocycles. The van der Waals surface area contributed by atoms with Crippen LogP contribution in [0.4, 0.5) is 5.69 Å². The Labute approximate surface area is 162 Å². The molecule has 0 atom stereocenters. The van der Waals surface area contributed by atoms with Gasteiger partial charge in [0, 0.05) is 17.7 Å². The Morgan fingerprint density at radius 1 is 1.04 bits per heavy atom. The fourth-order valence-corrected chi connectivity index (χ4v) is 5.09. The van der Waals surface area contributed by atoms with Crippen molar-refractivity contribution < 1.29 is 18.0 Å². The Balaban J connectivity index is 1.52. The molecule has 1 fully saturated rings. The Morgan fingerprint density at radius 2 is 1.74 bits per heavy atom. The van der Waals surface area contributed by atoms with Crippen LogP contribution in [0.15, 0.2) is 46.0 Å². The number of hydrazine groups is 1. The number of benzene rings is 1. The second-order valence-corrected chi connectivity index (χ2v) is 9.33. The van der Waals surface area contributed by atoms with E-state index in [1.54, 1.807) is 11.4 Å². The molecule has 2 aromatic rings. The van der Waals surface area contributed by atoms with Crippen molar-refractivity contribution in [3.63, 3.8) is 0 Å². The third-order valence-corrected chi connectivity index (χ3v) is 7.20. The molecule has 1 aliphatic rings. The van der Waals surface area contributed by atoms with Crippen molar-refractivity contribution in [1.29, 1.82) is 0 Å². The molecule has 2 amide bonds. The molecule has 0 spiro atoms. The summed E-state index contributed by atoms with van der Waals surface area (Å²) in [5, 5.41) is 1.68. The van der Waals surface area contributed by atoms with E-state index < -0.39 is 15.9 Å². The minimum absolute atomic E-state index is 0.199. The van der Waals surface area contributed by atoms with Gasteiger partial charge < -0.3 is 0 Å². The van der Waals surface area contributed by atoms with Crippen LogP contribution >= 0.6 is 11.3 Å². The van der Waals surface area contributed by atoms with E-state index >= 15 is 0 Å². The fourth-order valence-electron chi connectivity index (χ4n) is 3.04. The molecule has 144 valence electrons. The average Bonchev–Trinajstić information content (AvgIpc) is 3.34. The topological polar surface area (TPSA) is 104 Å². The third-order valence-electron chi connectivity index (χ3n) is 4.42. The number of carbonyl (C=O) groups excluding carboxylic acids is 2. The third kappa shape index (κ3) is 5.30. The summed E-state index contributed by atoms with van der Waals surface area (Å²) < 4.78 is 27.0. The minimum Gasteiger partial charge on any atom is -0.279 e. The molecule has 9 heteroatoms. The van der Waals surface area contributed by atoms with Gasteiger partial charge in [-0.1, -0.05) is 18.9 Å². The number of nitrogens with one attached hydrogen (secondary N) is 3. The van der Waals surface area contributed by atoms with E-state index in [0.29, 0.717) is 23.6 Å². The van der Waals surface area contributed by atoms with Crippen LogP contribution < -0.4 is 15.6 Å². The van der Waals surface area contributed by atoms with Gasteiger partial charge >= 0.3 is 0 Å². The Bertz CT molecular complexity index is 887. The van der Waals surface area contributed by atoms with Crippen molar-refractivity contribution in [2.24, 2.45) is 5.92 Å². The van der Waals surface area contributed by atoms with Gasteiger partial charge in [0.05, 0.1) is 0 Å². The number of amides is 2. The normalized spacial score (nSPS) is 14.7. The van der Waals surface area contributed by atoms with Gasteiger partial charge in [-0.2, -0.15) is 0 Å². The van der Waals surface area contributed by atoms with E-state index in [-0.39, 0.29) is 10.1 Å². The van der Waals surface area contributed by atoms with Crippen molar-refractivity contribution in [3.8, 4) is 0 Å². The highest BCUT2D eigenvalue weighted by Gasteiger charge is 2.19. The van der Waals surface area contributed by atoms with Crippen molar-refractivity contribution in [3.05, 3.63) is 47.3 Å². The number of rotatable bonds is 6. The highest BCUT2D eigenvalue weighted by molar-refractivity contribution is 7.94. The second kappa shape index (κ2) is 8.53. The molecule has 0 saturated heterocycles. The maximum Gasteiger partial charge on any atom is 0.271 e. The van der Waals surface area contributed by atoms with Crippen LogP contribution in [0.5, 0.6) is 0 Å². The molecular weight excluding hydrogens is 386 g/mol. The van der Waals surface area contributed by atoms with Gasteiger partial charge in [-0.15, -0.1) is 11.3 Å². The standard InChI is InChI=1S/C18H21N3O4S2/c22-16(12-13-4-1-2-5-13)19-20-18(23)14-7-9-15(10-8-14)21-27(24,25)17-6-3-11-26-17/h3,6-11,13,21H,1-2,4-5,12H2,(H,19,22)(H,20,23). The zero-order chi connectivity index (χ0) is 19.3. The van der Waals surface area contributed by atoms with E-state index in [1.807, 2.05) is 0 Å². The summed E-state index contributed by atoms with van der Waals surface area (Å²) in [6.45, 7) is 0. The maximum absolute atomic E-state index is 12.2. The van der Waals surface area contributed by atoms with Crippen LogP contribution in [0.2, 0.25) is 0 Å². The van der Waals surface area contributed by atoms with Crippen LogP contribution in [-0.2, 0) is 14.8 Å². The smallest absolute Gasteiger partial charge is 0.271 e. The first-order chi connectivity index (χ1) is 12.9. The lowest BCUT2D eigenvalue weighted by atomic mass is 10.0. The first kappa shape index (κ1) is 19.4. The lowest BCUT2D eigenvalue weighted by molar-refractivity contribution is -0.122. The number of thiophene rings is 1. The summed E-state index contributed by atoms with van der Waals surface area (Å²) in [4.78, 5) is 24.0. The molecule has 1 saturated carbocycles. The van der Waals surface area contributed by atoms with Crippen molar-refractivity contribution in [2.45, 2.75) is 36.3 Å². The minimum atomic E-state index is -3.63. The van der Waals surface area contributed by atoms with Crippen molar-refractivity contribution >= 4 is 38.9 Å². The average molecular weight is 408 g/mol. The van der Waals surface area contributed by atoms with Gasteiger partial charge in [-0.05, 0) is 54.5 Å². The summed E-state index contributed by atoms with van der Waals surface area (Å²) >= 11 is 1.12. The van der Waals surface area contributed by atoms with Gasteiger partial charge in [0.15, 0.2) is 0 Å². The second-order valence-electron chi connectivity index (χ2n) is 6.47. The zero-order valence-electron chi connectivity index (χ0n) is 14.6. The summed E-state index contributed by atoms with van der Waals surface area (Å²) in [6.07, 6.45) is 4.86. The lowest BCUT2D eigenvalue weighted by Gasteiger charge is -2.11. The Morgan fingerprint density at radius 3 is 2.37 bits per heavy atom. The molecule has 1 aromatic heterocycles. The molecule has 0 bridgehead atoms. The predicted octanol–water partition coefficient (Wildman–Crippen LogP) is 2.89. The fraction of sp³-hybridized carbons (Fsp3) is 0.333. The van der Waals surface area contributed by atoms with Crippen LogP contribution in [0.3, 0.4) is 0 Å². The number of carbonyl (C=O) groups is 2. The van der Waals surface area contributed by atoms with Crippen molar-refractivity contribution in [1.82, 2.24) is 10.9 Å². The van der Waals surface area contributed by atoms with Gasteiger partial charge in [-0.3, -0.25) is 25.2 Å². The molecule has 0 aliphatic heterocycles. The SMILES string of the molecule is O=C(CC1CCCC1)NNC(=O)c1ccc(NS(=O)(=O)c2cccs2)cc1. The van der Waals surface area contributed by atoms with Gasteiger partial charge in [0.25, 0.3) is 15.9 Å². The monoisotopic (exact) mass is 407 g/mol. The highest BCUT2D eigenvalue weighted by atomic mass is 32.2. The van der Waals surface area contributed by atoms with Gasteiger partial charge in [0.2, 0.25) is 5.91 Å². The molecular formula is C18H21N3O4S2. The largest absolute Gasteiger partial charge is 0.279 e. The molecule has 1 aromatic carbocycles. The highest BCUT2D eigenvalue weighted by Crippen LogP contribution is 2.27. The summed E-state index contributed by atoms with van der Waals surface area (Å²) in [5.74, 6) is -0.254. The lowest BCUT2D eigenvalue weighted by Crippen LogP contribution is -2.42. The van der Waals surface area contributed by atoms with E-state index in [0.717, 1.165) is 37.0 Å². The van der Waals surface area contributed by atoms with E-state index in [1.165, 1.54) is 30.3 Å². The van der Waals surface area contributed by atoms with Crippen LogP contribution in [-0.4, -0.2) is 20.2 Å². The Kier molecular flexibility index (Phi) is 6.12. The number of hydrogen-bond donors (Lipinski definition) is 3. The first-order valence-electron chi connectivity index (χ1n) is 8.69. The van der Waals surface area contributed by atoms with Crippen LogP contribution in [0.1, 0.15) is 42.5 Å². The molecule has 3 rings (SSSR count). The molecule has 7 nitrogen and oxygen atoms in total. The first-order valence-corrected chi connectivity index (χ1v) is 11.1. The van der Waals surface area contributed by atoms with E-state index in [4.69, 9.17) is 0 Å². The maximum atomic E-state index is 12.2. The van der Waals surface area contributed by atoms with E-state index in [9.17, 15) is 18.0 Å². The number of anilines is 1. The number of hydrogen-bond acceptors (Lipinski definition) is 5. The van der Waals surface area contributed by atoms with Crippen LogP contribution in [0, 0.1) is 5.92 Å². The molecule has 3 N–H and O–H groups in total. The molecule has 0 unspecified atom stereocenters. The van der Waals surface area contributed by atoms with E-state index in [2.05, 4.69) is 15.6 Å². The van der Waals surface area contributed by atoms with Gasteiger partial charge in [-0.25, -0.2) is 8.42 Å². The summed E-state index contributed by atoms with van der Waals surface area (Å²) in [7, 11) is -3.63. The molecule has 27 heavy (non-hydrogen) atoms. The quantitative estimate of drug-likeness (QED) is 0.641. The summed E-state index contributed by atoms with van der Waals surface area (Å²) in [5.41, 5.74) is 5.48. The van der Waals surface area contributed by atoms with Gasteiger partial charge in [0.1, 0.15) is 4.21 Å². The van der Waals surface area contributed by atoms with Crippen LogP contribution in [0.25, 0.3) is 0 Å². The Hall–Kier alpha value is -2.39.